The van der Waals surface area contributed by atoms with Crippen molar-refractivity contribution >= 4 is 21.8 Å². The lowest BCUT2D eigenvalue weighted by Gasteiger charge is -2.26. The predicted octanol–water partition coefficient (Wildman–Crippen LogP) is 0.939. The van der Waals surface area contributed by atoms with E-state index in [9.17, 15) is 22.4 Å². The number of ether oxygens (including phenoxy) is 3. The van der Waals surface area contributed by atoms with Gasteiger partial charge in [0.15, 0.2) is 11.5 Å². The first kappa shape index (κ1) is 23.4. The average Bonchev–Trinajstić information content (AvgIpc) is 2.82. The Morgan fingerprint density at radius 3 is 2.28 bits per heavy atom. The van der Waals surface area contributed by atoms with Crippen molar-refractivity contribution < 1.29 is 36.6 Å². The van der Waals surface area contributed by atoms with Gasteiger partial charge in [0.1, 0.15) is 5.82 Å². The molecule has 0 saturated carbocycles. The molecule has 0 radical (unpaired) electrons. The highest BCUT2D eigenvalue weighted by molar-refractivity contribution is 7.89. The molecule has 2 amide bonds. The molecule has 12 heteroatoms. The molecular weight excluding hydrogens is 445 g/mol. The van der Waals surface area contributed by atoms with Gasteiger partial charge in [-0.1, -0.05) is 0 Å². The second-order valence-electron chi connectivity index (χ2n) is 6.64. The third kappa shape index (κ3) is 4.98. The lowest BCUT2D eigenvalue weighted by atomic mass is 10.2. The topological polar surface area (TPSA) is 123 Å². The Morgan fingerprint density at radius 1 is 0.969 bits per heavy atom. The van der Waals surface area contributed by atoms with Gasteiger partial charge in [-0.2, -0.15) is 4.31 Å². The Kier molecular flexibility index (Phi) is 7.28. The first-order valence-electron chi connectivity index (χ1n) is 9.48. The third-order valence-electron chi connectivity index (χ3n) is 4.73. The maximum Gasteiger partial charge on any atom is 0.272 e. The van der Waals surface area contributed by atoms with Crippen molar-refractivity contribution in [1.29, 1.82) is 0 Å². The second kappa shape index (κ2) is 9.94. The standard InChI is InChI=1S/C20H22FN3O7S/c1-29-17-6-3-13(11-18(17)30-2)19(25)22-23-20(26)15-12-14(4-5-16(15)21)32(27,28)24-7-9-31-10-8-24/h3-6,11-12H,7-10H2,1-2H3,(H,22,25)(H,23,26). The largest absolute Gasteiger partial charge is 0.493 e. The van der Waals surface area contributed by atoms with Crippen LogP contribution in [0.25, 0.3) is 0 Å². The molecule has 0 unspecified atom stereocenters. The van der Waals surface area contributed by atoms with Gasteiger partial charge in [0, 0.05) is 18.7 Å². The summed E-state index contributed by atoms with van der Waals surface area (Å²) in [7, 11) is -1.08. The van der Waals surface area contributed by atoms with Crippen LogP contribution < -0.4 is 20.3 Å². The molecular formula is C20H22FN3O7S. The van der Waals surface area contributed by atoms with Crippen molar-refractivity contribution in [2.75, 3.05) is 40.5 Å². The van der Waals surface area contributed by atoms with Crippen LogP contribution in [-0.4, -0.2) is 65.1 Å². The summed E-state index contributed by atoms with van der Waals surface area (Å²) in [4.78, 5) is 24.5. The molecule has 0 spiro atoms. The number of nitrogens with zero attached hydrogens (tertiary/aromatic N) is 1. The molecule has 172 valence electrons. The van der Waals surface area contributed by atoms with Crippen LogP contribution >= 0.6 is 0 Å². The van der Waals surface area contributed by atoms with Crippen LogP contribution in [0.3, 0.4) is 0 Å². The Morgan fingerprint density at radius 2 is 1.62 bits per heavy atom. The number of hydrogen-bond donors (Lipinski definition) is 2. The summed E-state index contributed by atoms with van der Waals surface area (Å²) in [5, 5.41) is 0. The number of hydrogen-bond acceptors (Lipinski definition) is 7. The quantitative estimate of drug-likeness (QED) is 0.606. The minimum absolute atomic E-state index is 0.145. The molecule has 1 saturated heterocycles. The second-order valence-corrected chi connectivity index (χ2v) is 8.57. The van der Waals surface area contributed by atoms with Gasteiger partial charge in [-0.05, 0) is 36.4 Å². The fraction of sp³-hybridized carbons (Fsp3) is 0.300. The molecule has 2 aromatic rings. The van der Waals surface area contributed by atoms with E-state index in [1.54, 1.807) is 0 Å². The van der Waals surface area contributed by atoms with E-state index in [1.165, 1.54) is 36.7 Å². The number of carbonyl (C=O) groups excluding carboxylic acids is 2. The van der Waals surface area contributed by atoms with E-state index < -0.39 is 33.2 Å². The molecule has 10 nitrogen and oxygen atoms in total. The van der Waals surface area contributed by atoms with Crippen molar-refractivity contribution in [2.24, 2.45) is 0 Å². The number of benzene rings is 2. The van der Waals surface area contributed by atoms with Crippen LogP contribution in [0.4, 0.5) is 4.39 Å². The number of rotatable bonds is 6. The number of halogens is 1. The van der Waals surface area contributed by atoms with Crippen LogP contribution in [-0.2, 0) is 14.8 Å². The summed E-state index contributed by atoms with van der Waals surface area (Å²) in [5.41, 5.74) is 3.85. The van der Waals surface area contributed by atoms with E-state index >= 15 is 0 Å². The molecule has 0 bridgehead atoms. The van der Waals surface area contributed by atoms with Crippen molar-refractivity contribution in [1.82, 2.24) is 15.2 Å². The fourth-order valence-electron chi connectivity index (χ4n) is 3.01. The van der Waals surface area contributed by atoms with E-state index in [0.29, 0.717) is 11.5 Å². The first-order valence-corrected chi connectivity index (χ1v) is 10.9. The molecule has 1 aliphatic rings. The lowest BCUT2D eigenvalue weighted by molar-refractivity contribution is 0.0730. The van der Waals surface area contributed by atoms with Crippen LogP contribution in [0.2, 0.25) is 0 Å². The number of nitrogens with one attached hydrogen (secondary N) is 2. The van der Waals surface area contributed by atoms with Gasteiger partial charge in [0.05, 0.1) is 37.9 Å². The first-order chi connectivity index (χ1) is 15.3. The highest BCUT2D eigenvalue weighted by Gasteiger charge is 2.28. The molecule has 2 N–H and O–H groups in total. The zero-order valence-corrected chi connectivity index (χ0v) is 18.2. The molecule has 0 aromatic heterocycles. The zero-order chi connectivity index (χ0) is 23.3. The summed E-state index contributed by atoms with van der Waals surface area (Å²) in [5.74, 6) is -1.94. The molecule has 0 aliphatic carbocycles. The van der Waals surface area contributed by atoms with Gasteiger partial charge in [-0.15, -0.1) is 0 Å². The fourth-order valence-corrected chi connectivity index (χ4v) is 4.44. The van der Waals surface area contributed by atoms with E-state index in [4.69, 9.17) is 14.2 Å². The van der Waals surface area contributed by atoms with E-state index in [0.717, 1.165) is 18.2 Å². The number of morpholine rings is 1. The van der Waals surface area contributed by atoms with Gasteiger partial charge >= 0.3 is 0 Å². The minimum atomic E-state index is -3.93. The zero-order valence-electron chi connectivity index (χ0n) is 17.4. The van der Waals surface area contributed by atoms with Crippen molar-refractivity contribution in [3.63, 3.8) is 0 Å². The van der Waals surface area contributed by atoms with Crippen molar-refractivity contribution in [3.05, 3.63) is 53.3 Å². The summed E-state index contributed by atoms with van der Waals surface area (Å²) in [6.07, 6.45) is 0. The highest BCUT2D eigenvalue weighted by Crippen LogP contribution is 2.27. The molecule has 2 aromatic carbocycles. The molecule has 1 fully saturated rings. The maximum atomic E-state index is 14.2. The summed E-state index contributed by atoms with van der Waals surface area (Å²) >= 11 is 0. The number of sulfonamides is 1. The number of hydrazine groups is 1. The minimum Gasteiger partial charge on any atom is -0.493 e. The summed E-state index contributed by atoms with van der Waals surface area (Å²) < 4.78 is 56.3. The molecule has 32 heavy (non-hydrogen) atoms. The Balaban J connectivity index is 1.74. The summed E-state index contributed by atoms with van der Waals surface area (Å²) in [6, 6.07) is 7.25. The Bertz CT molecular complexity index is 1120. The van der Waals surface area contributed by atoms with E-state index in [1.807, 2.05) is 0 Å². The smallest absolute Gasteiger partial charge is 0.272 e. The average molecular weight is 467 g/mol. The van der Waals surface area contributed by atoms with Gasteiger partial charge in [0.25, 0.3) is 11.8 Å². The predicted molar refractivity (Wildman–Crippen MR) is 110 cm³/mol. The third-order valence-corrected chi connectivity index (χ3v) is 6.62. The molecule has 1 heterocycles. The van der Waals surface area contributed by atoms with E-state index in [-0.39, 0.29) is 36.8 Å². The molecule has 0 atom stereocenters. The van der Waals surface area contributed by atoms with Crippen LogP contribution in [0.15, 0.2) is 41.3 Å². The SMILES string of the molecule is COc1ccc(C(=O)NNC(=O)c2cc(S(=O)(=O)N3CCOCC3)ccc2F)cc1OC. The maximum absolute atomic E-state index is 14.2. The van der Waals surface area contributed by atoms with Crippen LogP contribution in [0.5, 0.6) is 11.5 Å². The summed E-state index contributed by atoms with van der Waals surface area (Å²) in [6.45, 7) is 0.803. The number of methoxy groups -OCH3 is 2. The van der Waals surface area contributed by atoms with Crippen molar-refractivity contribution in [3.8, 4) is 11.5 Å². The Hall–Kier alpha value is -3.22. The number of amides is 2. The van der Waals surface area contributed by atoms with Gasteiger partial charge in [-0.25, -0.2) is 12.8 Å². The normalized spacial score (nSPS) is 14.5. The number of carbonyl (C=O) groups is 2. The van der Waals surface area contributed by atoms with Gasteiger partial charge in [0.2, 0.25) is 10.0 Å². The van der Waals surface area contributed by atoms with Gasteiger partial charge in [-0.3, -0.25) is 20.4 Å². The van der Waals surface area contributed by atoms with Crippen LogP contribution in [0, 0.1) is 5.82 Å². The molecule has 3 rings (SSSR count). The molecule has 1 aliphatic heterocycles. The Labute approximate surface area is 184 Å². The lowest BCUT2D eigenvalue weighted by Crippen LogP contribution is -2.42. The van der Waals surface area contributed by atoms with Gasteiger partial charge < -0.3 is 14.2 Å². The van der Waals surface area contributed by atoms with Crippen molar-refractivity contribution in [2.45, 2.75) is 4.90 Å². The van der Waals surface area contributed by atoms with Crippen LogP contribution in [0.1, 0.15) is 20.7 Å². The highest BCUT2D eigenvalue weighted by atomic mass is 32.2. The van der Waals surface area contributed by atoms with E-state index in [2.05, 4.69) is 10.9 Å². The monoisotopic (exact) mass is 467 g/mol.